The molecule has 1 rings (SSSR count). The molecule has 0 aliphatic rings. The lowest BCUT2D eigenvalue weighted by molar-refractivity contribution is 0.526. The van der Waals surface area contributed by atoms with Gasteiger partial charge in [-0.25, -0.2) is 0 Å². The first-order valence-corrected chi connectivity index (χ1v) is 3.96. The Morgan fingerprint density at radius 2 is 2.36 bits per heavy atom. The van der Waals surface area contributed by atoms with Gasteiger partial charge in [0.2, 0.25) is 0 Å². The van der Waals surface area contributed by atoms with Crippen molar-refractivity contribution in [3.63, 3.8) is 0 Å². The van der Waals surface area contributed by atoms with Gasteiger partial charge in [-0.05, 0) is 13.8 Å². The number of nitrogens with two attached hydrogens (primary N) is 1. The SMILES string of the molecule is CC(C)n1cc(Cl)c(CN)n1. The number of hydrogen-bond donors (Lipinski definition) is 1. The van der Waals surface area contributed by atoms with Crippen LogP contribution in [0.1, 0.15) is 25.6 Å². The first-order chi connectivity index (χ1) is 5.15. The molecule has 1 heterocycles. The van der Waals surface area contributed by atoms with Crippen molar-refractivity contribution >= 4 is 11.6 Å². The average molecular weight is 174 g/mol. The number of halogens is 1. The normalized spacial score (nSPS) is 11.0. The van der Waals surface area contributed by atoms with E-state index >= 15 is 0 Å². The molecule has 0 unspecified atom stereocenters. The summed E-state index contributed by atoms with van der Waals surface area (Å²) in [5.41, 5.74) is 6.17. The van der Waals surface area contributed by atoms with Gasteiger partial charge in [-0.1, -0.05) is 11.6 Å². The largest absolute Gasteiger partial charge is 0.325 e. The topological polar surface area (TPSA) is 43.8 Å². The highest BCUT2D eigenvalue weighted by molar-refractivity contribution is 6.31. The Bertz CT molecular complexity index is 242. The molecule has 0 bridgehead atoms. The Balaban J connectivity index is 2.95. The lowest BCUT2D eigenvalue weighted by Crippen LogP contribution is -2.03. The number of aromatic nitrogens is 2. The summed E-state index contributed by atoms with van der Waals surface area (Å²) in [4.78, 5) is 0. The van der Waals surface area contributed by atoms with Gasteiger partial charge < -0.3 is 5.73 Å². The number of hydrogen-bond acceptors (Lipinski definition) is 2. The van der Waals surface area contributed by atoms with E-state index in [1.165, 1.54) is 0 Å². The molecule has 0 fully saturated rings. The molecular weight excluding hydrogens is 162 g/mol. The predicted octanol–water partition coefficient (Wildman–Crippen LogP) is 1.58. The van der Waals surface area contributed by atoms with Gasteiger partial charge in [-0.15, -0.1) is 0 Å². The van der Waals surface area contributed by atoms with Crippen molar-refractivity contribution in [1.82, 2.24) is 9.78 Å². The minimum Gasteiger partial charge on any atom is -0.325 e. The highest BCUT2D eigenvalue weighted by atomic mass is 35.5. The van der Waals surface area contributed by atoms with Gasteiger partial charge in [0, 0.05) is 18.8 Å². The fourth-order valence-electron chi connectivity index (χ4n) is 0.810. The van der Waals surface area contributed by atoms with Crippen LogP contribution in [0.3, 0.4) is 0 Å². The third-order valence-corrected chi connectivity index (χ3v) is 1.80. The summed E-state index contributed by atoms with van der Waals surface area (Å²) < 4.78 is 1.81. The first kappa shape index (κ1) is 8.56. The van der Waals surface area contributed by atoms with Crippen molar-refractivity contribution in [2.24, 2.45) is 5.73 Å². The van der Waals surface area contributed by atoms with Gasteiger partial charge in [-0.2, -0.15) is 5.10 Å². The fourth-order valence-corrected chi connectivity index (χ4v) is 1.02. The second-order valence-electron chi connectivity index (χ2n) is 2.70. The molecule has 0 saturated carbocycles. The van der Waals surface area contributed by atoms with Crippen LogP contribution < -0.4 is 5.73 Å². The van der Waals surface area contributed by atoms with Crippen LogP contribution in [0.5, 0.6) is 0 Å². The van der Waals surface area contributed by atoms with E-state index in [0.717, 1.165) is 5.69 Å². The molecule has 1 aromatic heterocycles. The maximum Gasteiger partial charge on any atom is 0.0946 e. The molecule has 0 spiro atoms. The molecule has 0 aromatic carbocycles. The second kappa shape index (κ2) is 3.24. The summed E-state index contributed by atoms with van der Waals surface area (Å²) in [5, 5.41) is 4.84. The molecule has 3 nitrogen and oxygen atoms in total. The van der Waals surface area contributed by atoms with Gasteiger partial charge in [0.15, 0.2) is 0 Å². The Kier molecular flexibility index (Phi) is 2.52. The van der Waals surface area contributed by atoms with Crippen LogP contribution in [-0.2, 0) is 6.54 Å². The van der Waals surface area contributed by atoms with Crippen molar-refractivity contribution in [3.05, 3.63) is 16.9 Å². The smallest absolute Gasteiger partial charge is 0.0946 e. The zero-order valence-electron chi connectivity index (χ0n) is 6.71. The second-order valence-corrected chi connectivity index (χ2v) is 3.11. The van der Waals surface area contributed by atoms with Crippen molar-refractivity contribution in [2.45, 2.75) is 26.4 Å². The van der Waals surface area contributed by atoms with E-state index in [4.69, 9.17) is 17.3 Å². The van der Waals surface area contributed by atoms with Crippen LogP contribution in [0.2, 0.25) is 5.02 Å². The van der Waals surface area contributed by atoms with E-state index in [-0.39, 0.29) is 0 Å². The minimum atomic E-state index is 0.341. The van der Waals surface area contributed by atoms with Crippen LogP contribution in [0.15, 0.2) is 6.20 Å². The van der Waals surface area contributed by atoms with E-state index in [9.17, 15) is 0 Å². The predicted molar refractivity (Wildman–Crippen MR) is 45.5 cm³/mol. The van der Waals surface area contributed by atoms with Crippen LogP contribution in [0, 0.1) is 0 Å². The van der Waals surface area contributed by atoms with Crippen molar-refractivity contribution in [1.29, 1.82) is 0 Å². The van der Waals surface area contributed by atoms with Gasteiger partial charge in [0.25, 0.3) is 0 Å². The minimum absolute atomic E-state index is 0.341. The third-order valence-electron chi connectivity index (χ3n) is 1.48. The van der Waals surface area contributed by atoms with Crippen molar-refractivity contribution < 1.29 is 0 Å². The summed E-state index contributed by atoms with van der Waals surface area (Å²) >= 11 is 5.83. The molecule has 2 N–H and O–H groups in total. The molecule has 0 saturated heterocycles. The summed E-state index contributed by atoms with van der Waals surface area (Å²) in [7, 11) is 0. The summed E-state index contributed by atoms with van der Waals surface area (Å²) in [6.07, 6.45) is 1.80. The van der Waals surface area contributed by atoms with E-state index in [2.05, 4.69) is 5.10 Å². The van der Waals surface area contributed by atoms with Gasteiger partial charge in [0.1, 0.15) is 0 Å². The third kappa shape index (κ3) is 1.73. The van der Waals surface area contributed by atoms with Gasteiger partial charge in [-0.3, -0.25) is 4.68 Å². The summed E-state index contributed by atoms with van der Waals surface area (Å²) in [5.74, 6) is 0. The highest BCUT2D eigenvalue weighted by Gasteiger charge is 2.05. The quantitative estimate of drug-likeness (QED) is 0.738. The van der Waals surface area contributed by atoms with E-state index in [0.29, 0.717) is 17.6 Å². The zero-order valence-corrected chi connectivity index (χ0v) is 7.47. The molecule has 0 amide bonds. The Hall–Kier alpha value is -0.540. The lowest BCUT2D eigenvalue weighted by atomic mass is 10.4. The fraction of sp³-hybridized carbons (Fsp3) is 0.571. The van der Waals surface area contributed by atoms with Crippen LogP contribution >= 0.6 is 11.6 Å². The molecule has 0 aliphatic carbocycles. The molecule has 62 valence electrons. The molecule has 1 aromatic rings. The molecule has 0 aliphatic heterocycles. The first-order valence-electron chi connectivity index (χ1n) is 3.58. The Morgan fingerprint density at radius 1 is 1.73 bits per heavy atom. The van der Waals surface area contributed by atoms with Gasteiger partial charge in [0.05, 0.1) is 10.7 Å². The van der Waals surface area contributed by atoms with Crippen LogP contribution in [0.4, 0.5) is 0 Å². The van der Waals surface area contributed by atoms with E-state index in [1.807, 2.05) is 18.5 Å². The Labute approximate surface area is 71.1 Å². The van der Waals surface area contributed by atoms with E-state index < -0.39 is 0 Å². The Morgan fingerprint density at radius 3 is 2.64 bits per heavy atom. The molecule has 0 radical (unpaired) electrons. The molecule has 0 atom stereocenters. The van der Waals surface area contributed by atoms with E-state index in [1.54, 1.807) is 6.20 Å². The summed E-state index contributed by atoms with van der Waals surface area (Å²) in [6.45, 7) is 4.49. The molecule has 4 heteroatoms. The maximum absolute atomic E-state index is 5.83. The number of rotatable bonds is 2. The van der Waals surface area contributed by atoms with Crippen LogP contribution in [-0.4, -0.2) is 9.78 Å². The van der Waals surface area contributed by atoms with Crippen molar-refractivity contribution in [2.75, 3.05) is 0 Å². The lowest BCUT2D eigenvalue weighted by Gasteiger charge is -2.02. The van der Waals surface area contributed by atoms with Crippen LogP contribution in [0.25, 0.3) is 0 Å². The standard InChI is InChI=1S/C7H12ClN3/c1-5(2)11-4-6(8)7(3-9)10-11/h4-5H,3,9H2,1-2H3. The number of nitrogens with zero attached hydrogens (tertiary/aromatic N) is 2. The monoisotopic (exact) mass is 173 g/mol. The summed E-state index contributed by atoms with van der Waals surface area (Å²) in [6, 6.07) is 0.341. The zero-order chi connectivity index (χ0) is 8.43. The van der Waals surface area contributed by atoms with Crippen molar-refractivity contribution in [3.8, 4) is 0 Å². The highest BCUT2D eigenvalue weighted by Crippen LogP contribution is 2.15. The van der Waals surface area contributed by atoms with Gasteiger partial charge >= 0.3 is 0 Å². The average Bonchev–Trinajstić information content (AvgIpc) is 2.31. The maximum atomic E-state index is 5.83. The molecular formula is C7H12ClN3. The molecule has 11 heavy (non-hydrogen) atoms.